The van der Waals surface area contributed by atoms with Crippen LogP contribution < -0.4 is 5.32 Å². The normalized spacial score (nSPS) is 11.9. The van der Waals surface area contributed by atoms with Gasteiger partial charge >= 0.3 is 5.97 Å². The fourth-order valence-corrected chi connectivity index (χ4v) is 3.05. The second-order valence-corrected chi connectivity index (χ2v) is 5.87. The summed E-state index contributed by atoms with van der Waals surface area (Å²) in [6.45, 7) is 1.39. The van der Waals surface area contributed by atoms with Gasteiger partial charge in [-0.15, -0.1) is 0 Å². The molecule has 25 heavy (non-hydrogen) atoms. The van der Waals surface area contributed by atoms with Gasteiger partial charge in [0.2, 0.25) is 5.91 Å². The molecule has 5 heteroatoms. The summed E-state index contributed by atoms with van der Waals surface area (Å²) in [6.07, 6.45) is 0.348. The quantitative estimate of drug-likeness (QED) is 0.704. The van der Waals surface area contributed by atoms with E-state index in [-0.39, 0.29) is 5.91 Å². The van der Waals surface area contributed by atoms with Crippen LogP contribution in [0.15, 0.2) is 54.6 Å². The van der Waals surface area contributed by atoms with Gasteiger partial charge < -0.3 is 15.0 Å². The molecule has 0 fully saturated rings. The van der Waals surface area contributed by atoms with Crippen molar-refractivity contribution >= 4 is 22.8 Å². The number of fused-ring (bicyclic) bond motifs is 1. The average Bonchev–Trinajstić information content (AvgIpc) is 2.99. The predicted molar refractivity (Wildman–Crippen MR) is 97.1 cm³/mol. The molecule has 0 spiro atoms. The van der Waals surface area contributed by atoms with Crippen LogP contribution in [0.4, 0.5) is 0 Å². The monoisotopic (exact) mass is 336 g/mol. The number of aromatic nitrogens is 1. The van der Waals surface area contributed by atoms with E-state index in [1.54, 1.807) is 0 Å². The van der Waals surface area contributed by atoms with Crippen LogP contribution >= 0.6 is 0 Å². The lowest BCUT2D eigenvalue weighted by Crippen LogP contribution is -2.42. The zero-order chi connectivity index (χ0) is 17.8. The van der Waals surface area contributed by atoms with Crippen LogP contribution in [-0.2, 0) is 20.7 Å². The van der Waals surface area contributed by atoms with Crippen molar-refractivity contribution in [1.29, 1.82) is 0 Å². The number of benzene rings is 2. The molecule has 0 aliphatic heterocycles. The molecule has 2 aromatic carbocycles. The van der Waals surface area contributed by atoms with Crippen molar-refractivity contribution in [2.75, 3.05) is 7.11 Å². The van der Waals surface area contributed by atoms with Gasteiger partial charge in [0.15, 0.2) is 0 Å². The zero-order valence-electron chi connectivity index (χ0n) is 14.2. The molecule has 0 saturated heterocycles. The van der Waals surface area contributed by atoms with Crippen LogP contribution in [-0.4, -0.2) is 30.0 Å². The third-order valence-corrected chi connectivity index (χ3v) is 4.15. The molecule has 1 heterocycles. The highest BCUT2D eigenvalue weighted by molar-refractivity contribution is 5.92. The molecule has 0 aliphatic rings. The molecule has 3 rings (SSSR count). The minimum Gasteiger partial charge on any atom is -0.467 e. The van der Waals surface area contributed by atoms with Crippen LogP contribution in [0.2, 0.25) is 0 Å². The Morgan fingerprint density at radius 3 is 2.44 bits per heavy atom. The second-order valence-electron chi connectivity index (χ2n) is 5.87. The van der Waals surface area contributed by atoms with E-state index in [0.717, 1.165) is 27.7 Å². The second kappa shape index (κ2) is 7.21. The Bertz CT molecular complexity index is 900. The summed E-state index contributed by atoms with van der Waals surface area (Å²) in [4.78, 5) is 27.0. The number of nitrogens with one attached hydrogen (secondary N) is 2. The molecule has 5 nitrogen and oxygen atoms in total. The first-order chi connectivity index (χ1) is 12.1. The van der Waals surface area contributed by atoms with Gasteiger partial charge in [-0.2, -0.15) is 0 Å². The fraction of sp³-hybridized carbons (Fsp3) is 0.200. The SMILES string of the molecule is COC(=O)[C@H](Cc1c(-c2ccccc2)[nH]c2ccccc12)NC(C)=O. The molecule has 0 bridgehead atoms. The number of rotatable bonds is 5. The Kier molecular flexibility index (Phi) is 4.84. The van der Waals surface area contributed by atoms with Crippen LogP contribution in [0.25, 0.3) is 22.2 Å². The van der Waals surface area contributed by atoms with Gasteiger partial charge in [-0.1, -0.05) is 48.5 Å². The number of hydrogen-bond acceptors (Lipinski definition) is 3. The van der Waals surface area contributed by atoms with Crippen LogP contribution in [0, 0.1) is 0 Å². The maximum Gasteiger partial charge on any atom is 0.328 e. The van der Waals surface area contributed by atoms with Crippen molar-refractivity contribution in [2.24, 2.45) is 0 Å². The Morgan fingerprint density at radius 2 is 1.76 bits per heavy atom. The van der Waals surface area contributed by atoms with Gasteiger partial charge in [0.25, 0.3) is 0 Å². The molecule has 0 aliphatic carbocycles. The Morgan fingerprint density at radius 1 is 1.08 bits per heavy atom. The Balaban J connectivity index is 2.10. The van der Waals surface area contributed by atoms with Crippen LogP contribution in [0.5, 0.6) is 0 Å². The van der Waals surface area contributed by atoms with Gasteiger partial charge in [0.05, 0.1) is 7.11 Å². The van der Waals surface area contributed by atoms with E-state index in [1.165, 1.54) is 14.0 Å². The molecule has 0 unspecified atom stereocenters. The number of aromatic amines is 1. The number of esters is 1. The van der Waals surface area contributed by atoms with Gasteiger partial charge in [-0.05, 0) is 17.2 Å². The maximum absolute atomic E-state index is 12.1. The lowest BCUT2D eigenvalue weighted by molar-refractivity contribution is -0.144. The van der Waals surface area contributed by atoms with E-state index in [0.29, 0.717) is 6.42 Å². The van der Waals surface area contributed by atoms with E-state index < -0.39 is 12.0 Å². The highest BCUT2D eigenvalue weighted by atomic mass is 16.5. The van der Waals surface area contributed by atoms with Gasteiger partial charge in [-0.3, -0.25) is 4.79 Å². The highest BCUT2D eigenvalue weighted by Crippen LogP contribution is 2.31. The molecule has 0 radical (unpaired) electrons. The van der Waals surface area contributed by atoms with Crippen molar-refractivity contribution in [2.45, 2.75) is 19.4 Å². The summed E-state index contributed by atoms with van der Waals surface area (Å²) < 4.78 is 4.86. The first-order valence-corrected chi connectivity index (χ1v) is 8.10. The van der Waals surface area contributed by atoms with E-state index in [1.807, 2.05) is 54.6 Å². The summed E-state index contributed by atoms with van der Waals surface area (Å²) in [5.74, 6) is -0.726. The molecule has 1 amide bonds. The summed E-state index contributed by atoms with van der Waals surface area (Å²) in [6, 6.07) is 17.1. The molecule has 3 aromatic rings. The number of carbonyl (C=O) groups excluding carboxylic acids is 2. The van der Waals surface area contributed by atoms with Crippen molar-refractivity contribution < 1.29 is 14.3 Å². The summed E-state index contributed by atoms with van der Waals surface area (Å²) in [5, 5.41) is 3.71. The van der Waals surface area contributed by atoms with E-state index in [9.17, 15) is 9.59 Å². The van der Waals surface area contributed by atoms with E-state index in [4.69, 9.17) is 4.74 Å². The summed E-state index contributed by atoms with van der Waals surface area (Å²) in [5.41, 5.74) is 3.94. The van der Waals surface area contributed by atoms with Gasteiger partial charge in [-0.25, -0.2) is 4.79 Å². The Hall–Kier alpha value is -3.08. The van der Waals surface area contributed by atoms with Crippen molar-refractivity contribution in [3.8, 4) is 11.3 Å². The topological polar surface area (TPSA) is 71.2 Å². The largest absolute Gasteiger partial charge is 0.467 e. The van der Waals surface area contributed by atoms with Crippen molar-refractivity contribution in [3.63, 3.8) is 0 Å². The maximum atomic E-state index is 12.1. The van der Waals surface area contributed by atoms with Gasteiger partial charge in [0.1, 0.15) is 6.04 Å². The predicted octanol–water partition coefficient (Wildman–Crippen LogP) is 3.06. The van der Waals surface area contributed by atoms with E-state index >= 15 is 0 Å². The molecule has 1 atom stereocenters. The molecule has 2 N–H and O–H groups in total. The van der Waals surface area contributed by atoms with Crippen LogP contribution in [0.3, 0.4) is 0 Å². The molecular weight excluding hydrogens is 316 g/mol. The Labute approximate surface area is 146 Å². The van der Waals surface area contributed by atoms with Crippen LogP contribution in [0.1, 0.15) is 12.5 Å². The standard InChI is InChI=1S/C20H20N2O3/c1-13(23)21-18(20(24)25-2)12-16-15-10-6-7-11-17(15)22-19(16)14-8-4-3-5-9-14/h3-11,18,22H,12H2,1-2H3,(H,21,23)/t18-/m0/s1. The minimum absolute atomic E-state index is 0.267. The third kappa shape index (κ3) is 3.55. The fourth-order valence-electron chi connectivity index (χ4n) is 3.05. The lowest BCUT2D eigenvalue weighted by Gasteiger charge is -2.16. The molecule has 128 valence electrons. The minimum atomic E-state index is -0.732. The van der Waals surface area contributed by atoms with Crippen molar-refractivity contribution in [1.82, 2.24) is 10.3 Å². The smallest absolute Gasteiger partial charge is 0.328 e. The number of H-pyrrole nitrogens is 1. The van der Waals surface area contributed by atoms with E-state index in [2.05, 4.69) is 10.3 Å². The van der Waals surface area contributed by atoms with Gasteiger partial charge in [0, 0.05) is 29.9 Å². The zero-order valence-corrected chi connectivity index (χ0v) is 14.2. The number of carbonyl (C=O) groups is 2. The third-order valence-electron chi connectivity index (χ3n) is 4.15. The number of amides is 1. The highest BCUT2D eigenvalue weighted by Gasteiger charge is 2.24. The van der Waals surface area contributed by atoms with Crippen molar-refractivity contribution in [3.05, 3.63) is 60.2 Å². The lowest BCUT2D eigenvalue weighted by atomic mass is 9.98. The number of ether oxygens (including phenoxy) is 1. The first-order valence-electron chi connectivity index (χ1n) is 8.10. The first kappa shape index (κ1) is 16.8. The summed E-state index contributed by atoms with van der Waals surface area (Å²) >= 11 is 0. The molecule has 1 aromatic heterocycles. The molecular formula is C20H20N2O3. The number of hydrogen-bond donors (Lipinski definition) is 2. The summed E-state index contributed by atoms with van der Waals surface area (Å²) in [7, 11) is 1.32. The number of para-hydroxylation sites is 1. The molecule has 0 saturated carbocycles. The average molecular weight is 336 g/mol. The number of methoxy groups -OCH3 is 1.